The van der Waals surface area contributed by atoms with Crippen molar-refractivity contribution in [2.75, 3.05) is 14.1 Å². The van der Waals surface area contributed by atoms with E-state index in [9.17, 15) is 9.18 Å². The van der Waals surface area contributed by atoms with Gasteiger partial charge < -0.3 is 16.0 Å². The van der Waals surface area contributed by atoms with E-state index in [0.29, 0.717) is 23.4 Å². The Kier molecular flexibility index (Phi) is 7.88. The molecule has 3 N–H and O–H groups in total. The highest BCUT2D eigenvalue weighted by Crippen LogP contribution is 2.29. The van der Waals surface area contributed by atoms with Crippen LogP contribution in [-0.2, 0) is 6.42 Å². The largest absolute Gasteiger partial charge is 0.370 e. The maximum absolute atomic E-state index is 14.6. The summed E-state index contributed by atoms with van der Waals surface area (Å²) in [5, 5.41) is 3.62. The minimum atomic E-state index is -1.05. The van der Waals surface area contributed by atoms with Gasteiger partial charge in [0.25, 0.3) is 5.91 Å². The number of nitrogens with one attached hydrogen (secondary N) is 1. The SMILES string of the molecule is CCc1cc(Cl)cc(Cl)c1C(=O)NC1(C)CC=C(F)C(C(CC)N=C(N)N(C)C)=N1. The van der Waals surface area contributed by atoms with Crippen LogP contribution in [0.5, 0.6) is 0 Å². The summed E-state index contributed by atoms with van der Waals surface area (Å²) in [7, 11) is 3.51. The van der Waals surface area contributed by atoms with E-state index >= 15 is 0 Å². The van der Waals surface area contributed by atoms with Crippen molar-refractivity contribution in [1.29, 1.82) is 0 Å². The van der Waals surface area contributed by atoms with Gasteiger partial charge in [-0.25, -0.2) is 9.38 Å². The molecule has 1 heterocycles. The van der Waals surface area contributed by atoms with Crippen LogP contribution in [0, 0.1) is 0 Å². The molecule has 0 aromatic heterocycles. The number of aliphatic imine (C=N–C) groups is 2. The van der Waals surface area contributed by atoms with Crippen LogP contribution in [-0.4, -0.2) is 48.3 Å². The molecule has 0 aliphatic carbocycles. The molecule has 1 aliphatic rings. The fraction of sp³-hybridized carbons (Fsp3) is 0.476. The summed E-state index contributed by atoms with van der Waals surface area (Å²) in [4.78, 5) is 23.6. The minimum Gasteiger partial charge on any atom is -0.370 e. The van der Waals surface area contributed by atoms with Crippen LogP contribution < -0.4 is 11.1 Å². The number of nitrogens with zero attached hydrogens (tertiary/aromatic N) is 3. The second-order valence-electron chi connectivity index (χ2n) is 7.56. The van der Waals surface area contributed by atoms with Gasteiger partial charge in [0, 0.05) is 25.5 Å². The van der Waals surface area contributed by atoms with Crippen LogP contribution >= 0.6 is 23.2 Å². The van der Waals surface area contributed by atoms with E-state index < -0.39 is 17.5 Å². The average molecular weight is 456 g/mol. The third-order valence-electron chi connectivity index (χ3n) is 4.87. The lowest BCUT2D eigenvalue weighted by atomic mass is 9.98. The lowest BCUT2D eigenvalue weighted by Crippen LogP contribution is -2.47. The van der Waals surface area contributed by atoms with Gasteiger partial charge in [-0.3, -0.25) is 9.79 Å². The molecule has 30 heavy (non-hydrogen) atoms. The normalized spacial score (nSPS) is 20.3. The number of amides is 1. The quantitative estimate of drug-likeness (QED) is 0.493. The van der Waals surface area contributed by atoms with E-state index in [-0.39, 0.29) is 29.0 Å². The molecule has 0 bridgehead atoms. The number of aryl methyl sites for hydroxylation is 1. The zero-order valence-corrected chi connectivity index (χ0v) is 19.4. The average Bonchev–Trinajstić information content (AvgIpc) is 2.67. The summed E-state index contributed by atoms with van der Waals surface area (Å²) in [5.41, 5.74) is 6.10. The number of rotatable bonds is 6. The molecule has 164 valence electrons. The first kappa shape index (κ1) is 24.2. The molecule has 0 radical (unpaired) electrons. The molecule has 0 spiro atoms. The molecule has 1 aromatic carbocycles. The van der Waals surface area contributed by atoms with E-state index in [0.717, 1.165) is 5.56 Å². The molecule has 0 saturated heterocycles. The van der Waals surface area contributed by atoms with Gasteiger partial charge >= 0.3 is 0 Å². The molecule has 9 heteroatoms. The van der Waals surface area contributed by atoms with E-state index in [2.05, 4.69) is 15.3 Å². The summed E-state index contributed by atoms with van der Waals surface area (Å²) in [6.07, 6.45) is 2.70. The van der Waals surface area contributed by atoms with Gasteiger partial charge in [0.1, 0.15) is 11.5 Å². The Morgan fingerprint density at radius 2 is 2.07 bits per heavy atom. The van der Waals surface area contributed by atoms with Gasteiger partial charge in [0.15, 0.2) is 5.96 Å². The van der Waals surface area contributed by atoms with Crippen molar-refractivity contribution in [3.05, 3.63) is 45.2 Å². The van der Waals surface area contributed by atoms with Gasteiger partial charge in [-0.1, -0.05) is 37.0 Å². The van der Waals surface area contributed by atoms with Gasteiger partial charge in [0.05, 0.1) is 22.3 Å². The zero-order chi connectivity index (χ0) is 22.6. The predicted molar refractivity (Wildman–Crippen MR) is 122 cm³/mol. The van der Waals surface area contributed by atoms with Gasteiger partial charge in [0.2, 0.25) is 0 Å². The molecular formula is C21H28Cl2FN5O. The number of nitrogens with two attached hydrogens (primary N) is 1. The number of benzene rings is 1. The number of hydrogen-bond acceptors (Lipinski definition) is 3. The van der Waals surface area contributed by atoms with E-state index in [1.807, 2.05) is 13.8 Å². The number of dihydropyridines is 1. The molecule has 2 unspecified atom stereocenters. The maximum Gasteiger partial charge on any atom is 0.254 e. The number of guanidine groups is 1. The Labute approximate surface area is 187 Å². The fourth-order valence-electron chi connectivity index (χ4n) is 3.16. The second kappa shape index (κ2) is 9.79. The molecule has 0 fully saturated rings. The Morgan fingerprint density at radius 1 is 1.40 bits per heavy atom. The van der Waals surface area contributed by atoms with Crippen molar-refractivity contribution >= 4 is 40.8 Å². The summed E-state index contributed by atoms with van der Waals surface area (Å²) in [6, 6.07) is 2.68. The number of carbonyl (C=O) groups is 1. The van der Waals surface area contributed by atoms with E-state index in [1.54, 1.807) is 32.0 Å². The summed E-state index contributed by atoms with van der Waals surface area (Å²) < 4.78 is 14.6. The molecule has 2 atom stereocenters. The lowest BCUT2D eigenvalue weighted by Gasteiger charge is -2.31. The smallest absolute Gasteiger partial charge is 0.254 e. The van der Waals surface area contributed by atoms with Crippen molar-refractivity contribution in [3.8, 4) is 0 Å². The van der Waals surface area contributed by atoms with Gasteiger partial charge in [-0.15, -0.1) is 0 Å². The third kappa shape index (κ3) is 5.52. The van der Waals surface area contributed by atoms with Crippen LogP contribution in [0.25, 0.3) is 0 Å². The Bertz CT molecular complexity index is 913. The monoisotopic (exact) mass is 455 g/mol. The van der Waals surface area contributed by atoms with Crippen LogP contribution in [0.15, 0.2) is 34.0 Å². The first-order chi connectivity index (χ1) is 14.0. The lowest BCUT2D eigenvalue weighted by molar-refractivity contribution is 0.0908. The second-order valence-corrected chi connectivity index (χ2v) is 8.41. The molecule has 1 aromatic rings. The summed E-state index contributed by atoms with van der Waals surface area (Å²) >= 11 is 12.4. The first-order valence-electron chi connectivity index (χ1n) is 9.78. The standard InChI is InChI=1S/C21H28Cl2FN5O/c1-6-12-10-13(22)11-14(23)17(12)19(30)28-21(3)9-8-15(24)18(27-21)16(7-2)26-20(25)29(4)5/h8,10-11,16H,6-7,9H2,1-5H3,(H2,25,26)(H,28,30). The number of carbonyl (C=O) groups excluding carboxylic acids is 1. The molecule has 1 amide bonds. The highest BCUT2D eigenvalue weighted by atomic mass is 35.5. The molecule has 1 aliphatic heterocycles. The van der Waals surface area contributed by atoms with Crippen LogP contribution in [0.1, 0.15) is 49.5 Å². The summed E-state index contributed by atoms with van der Waals surface area (Å²) in [5.74, 6) is -0.573. The van der Waals surface area contributed by atoms with Gasteiger partial charge in [-0.05, 0) is 43.5 Å². The van der Waals surface area contributed by atoms with Crippen LogP contribution in [0.4, 0.5) is 4.39 Å². The summed E-state index contributed by atoms with van der Waals surface area (Å²) in [6.45, 7) is 5.52. The van der Waals surface area contributed by atoms with Crippen molar-refractivity contribution < 1.29 is 9.18 Å². The molecule has 2 rings (SSSR count). The Morgan fingerprint density at radius 3 is 2.63 bits per heavy atom. The maximum atomic E-state index is 14.6. The fourth-order valence-corrected chi connectivity index (χ4v) is 3.78. The van der Waals surface area contributed by atoms with E-state index in [4.69, 9.17) is 28.9 Å². The van der Waals surface area contributed by atoms with Crippen molar-refractivity contribution in [1.82, 2.24) is 10.2 Å². The Hall–Kier alpha value is -2.12. The first-order valence-corrected chi connectivity index (χ1v) is 10.5. The minimum absolute atomic E-state index is 0.161. The van der Waals surface area contributed by atoms with E-state index in [1.165, 1.54) is 12.1 Å². The molecule has 6 nitrogen and oxygen atoms in total. The van der Waals surface area contributed by atoms with Crippen molar-refractivity contribution in [2.45, 2.75) is 51.7 Å². The number of halogens is 3. The van der Waals surface area contributed by atoms with Gasteiger partial charge in [-0.2, -0.15) is 0 Å². The van der Waals surface area contributed by atoms with Crippen LogP contribution in [0.2, 0.25) is 10.0 Å². The molecule has 0 saturated carbocycles. The third-order valence-corrected chi connectivity index (χ3v) is 5.38. The van der Waals surface area contributed by atoms with Crippen molar-refractivity contribution in [2.24, 2.45) is 15.7 Å². The Balaban J connectivity index is 2.38. The van der Waals surface area contributed by atoms with Crippen molar-refractivity contribution in [3.63, 3.8) is 0 Å². The zero-order valence-electron chi connectivity index (χ0n) is 17.9. The highest BCUT2D eigenvalue weighted by Gasteiger charge is 2.33. The predicted octanol–water partition coefficient (Wildman–Crippen LogP) is 4.35. The highest BCUT2D eigenvalue weighted by molar-refractivity contribution is 6.37. The number of hydrogen-bond donors (Lipinski definition) is 2. The van der Waals surface area contributed by atoms with Crippen LogP contribution in [0.3, 0.4) is 0 Å². The topological polar surface area (TPSA) is 83.1 Å². The molecular weight excluding hydrogens is 428 g/mol.